The molecule has 17 heavy (non-hydrogen) atoms. The number of Topliss-reactive ketones (excluding diaryl/α,β-unsaturated/α-hetero) is 1. The topological polar surface area (TPSA) is 78.9 Å². The molecule has 1 aliphatic rings. The molecule has 1 aromatic heterocycles. The second-order valence-electron chi connectivity index (χ2n) is 4.26. The molecular weight excluding hydrogens is 234 g/mol. The smallest absolute Gasteiger partial charge is 0.174 e. The van der Waals surface area contributed by atoms with E-state index in [1.165, 1.54) is 24.2 Å². The Morgan fingerprint density at radius 3 is 2.88 bits per heavy atom. The third-order valence-electron chi connectivity index (χ3n) is 2.88. The summed E-state index contributed by atoms with van der Waals surface area (Å²) < 4.78 is 0. The molecule has 0 amide bonds. The average molecular weight is 249 g/mol. The molecule has 4 nitrogen and oxygen atoms in total. The minimum atomic E-state index is 0.00321. The molecule has 1 aromatic rings. The second kappa shape index (κ2) is 4.76. The number of thiophene rings is 1. The predicted molar refractivity (Wildman–Crippen MR) is 69.3 cm³/mol. The molecule has 1 aliphatic carbocycles. The summed E-state index contributed by atoms with van der Waals surface area (Å²) >= 11 is 1.30. The van der Waals surface area contributed by atoms with E-state index in [4.69, 9.17) is 11.0 Å². The zero-order chi connectivity index (χ0) is 12.4. The molecule has 0 radical (unpaired) electrons. The number of nitriles is 1. The van der Waals surface area contributed by atoms with Crippen LogP contribution in [0.15, 0.2) is 0 Å². The van der Waals surface area contributed by atoms with Crippen LogP contribution in [0.2, 0.25) is 0 Å². The van der Waals surface area contributed by atoms with Gasteiger partial charge in [0.15, 0.2) is 5.78 Å². The van der Waals surface area contributed by atoms with Crippen LogP contribution in [0.5, 0.6) is 0 Å². The Balaban J connectivity index is 2.24. The van der Waals surface area contributed by atoms with Gasteiger partial charge in [-0.25, -0.2) is 0 Å². The highest BCUT2D eigenvalue weighted by Crippen LogP contribution is 2.37. The van der Waals surface area contributed by atoms with Crippen molar-refractivity contribution in [1.29, 1.82) is 5.26 Å². The molecule has 90 valence electrons. The van der Waals surface area contributed by atoms with Crippen molar-refractivity contribution in [2.75, 3.05) is 17.6 Å². The third kappa shape index (κ3) is 2.42. The zero-order valence-corrected chi connectivity index (χ0v) is 10.6. The first-order valence-corrected chi connectivity index (χ1v) is 6.58. The zero-order valence-electron chi connectivity index (χ0n) is 9.75. The number of hydrogen-bond donors (Lipinski definition) is 2. The third-order valence-corrected chi connectivity index (χ3v) is 4.08. The number of nitrogen functional groups attached to an aromatic ring is 1. The maximum Gasteiger partial charge on any atom is 0.174 e. The van der Waals surface area contributed by atoms with Crippen molar-refractivity contribution in [3.05, 3.63) is 10.4 Å². The molecule has 0 saturated heterocycles. The summed E-state index contributed by atoms with van der Waals surface area (Å²) in [5.41, 5.74) is 6.60. The molecule has 0 spiro atoms. The van der Waals surface area contributed by atoms with Gasteiger partial charge in [-0.05, 0) is 18.8 Å². The van der Waals surface area contributed by atoms with Crippen LogP contribution in [0, 0.1) is 17.2 Å². The van der Waals surface area contributed by atoms with Gasteiger partial charge in [-0.2, -0.15) is 5.26 Å². The van der Waals surface area contributed by atoms with Crippen LogP contribution in [-0.4, -0.2) is 12.3 Å². The van der Waals surface area contributed by atoms with Crippen LogP contribution >= 0.6 is 11.3 Å². The largest absolute Gasteiger partial charge is 0.396 e. The van der Waals surface area contributed by atoms with Crippen LogP contribution in [0.3, 0.4) is 0 Å². The van der Waals surface area contributed by atoms with Crippen LogP contribution in [0.1, 0.15) is 41.4 Å². The molecule has 5 heteroatoms. The molecule has 0 aliphatic heterocycles. The van der Waals surface area contributed by atoms with Crippen molar-refractivity contribution in [1.82, 2.24) is 0 Å². The molecule has 0 unspecified atom stereocenters. The summed E-state index contributed by atoms with van der Waals surface area (Å²) in [7, 11) is 0. The lowest BCUT2D eigenvalue weighted by Crippen LogP contribution is -2.03. The van der Waals surface area contributed by atoms with Crippen molar-refractivity contribution < 1.29 is 4.79 Å². The van der Waals surface area contributed by atoms with Gasteiger partial charge in [-0.1, -0.05) is 6.92 Å². The van der Waals surface area contributed by atoms with E-state index in [0.717, 1.165) is 17.5 Å². The van der Waals surface area contributed by atoms with Crippen molar-refractivity contribution in [2.24, 2.45) is 5.92 Å². The van der Waals surface area contributed by atoms with E-state index in [9.17, 15) is 4.79 Å². The van der Waals surface area contributed by atoms with Gasteiger partial charge in [-0.15, -0.1) is 11.3 Å². The van der Waals surface area contributed by atoms with Gasteiger partial charge in [-0.3, -0.25) is 4.79 Å². The summed E-state index contributed by atoms with van der Waals surface area (Å²) in [6, 6.07) is 2.08. The Morgan fingerprint density at radius 2 is 2.35 bits per heavy atom. The second-order valence-corrected chi connectivity index (χ2v) is 5.28. The molecular formula is C12H15N3OS. The van der Waals surface area contributed by atoms with Crippen molar-refractivity contribution in [3.8, 4) is 6.07 Å². The van der Waals surface area contributed by atoms with E-state index in [1.807, 2.05) is 0 Å². The standard InChI is InChI=1S/C12H15N3OS/c1-2-9(16)11-10(14)8(5-13)12(17-11)15-6-7-3-4-7/h7,15H,2-4,6,14H2,1H3. The number of carbonyl (C=O) groups excluding carboxylic acids is 1. The number of carbonyl (C=O) groups is 1. The Labute approximate surface area is 104 Å². The number of nitrogens with one attached hydrogen (secondary N) is 1. The normalized spacial score (nSPS) is 14.4. The van der Waals surface area contributed by atoms with Gasteiger partial charge in [0.25, 0.3) is 0 Å². The lowest BCUT2D eigenvalue weighted by Gasteiger charge is -2.01. The van der Waals surface area contributed by atoms with Gasteiger partial charge in [0, 0.05) is 13.0 Å². The highest BCUT2D eigenvalue weighted by Gasteiger charge is 2.24. The predicted octanol–water partition coefficient (Wildman–Crippen LogP) is 2.62. The summed E-state index contributed by atoms with van der Waals surface area (Å²) in [4.78, 5) is 12.2. The Kier molecular flexibility index (Phi) is 3.34. The van der Waals surface area contributed by atoms with E-state index in [1.54, 1.807) is 6.92 Å². The Bertz CT molecular complexity index is 483. The first-order chi connectivity index (χ1) is 8.17. The Morgan fingerprint density at radius 1 is 1.65 bits per heavy atom. The van der Waals surface area contributed by atoms with Gasteiger partial charge in [0.1, 0.15) is 16.6 Å². The SMILES string of the molecule is CCC(=O)c1sc(NCC2CC2)c(C#N)c1N. The molecule has 3 N–H and O–H groups in total. The molecule has 1 fully saturated rings. The quantitative estimate of drug-likeness (QED) is 0.786. The fourth-order valence-electron chi connectivity index (χ4n) is 1.61. The van der Waals surface area contributed by atoms with Crippen LogP contribution in [0.25, 0.3) is 0 Å². The lowest BCUT2D eigenvalue weighted by molar-refractivity contribution is 0.0993. The number of hydrogen-bond acceptors (Lipinski definition) is 5. The van der Waals surface area contributed by atoms with Gasteiger partial charge >= 0.3 is 0 Å². The summed E-state index contributed by atoms with van der Waals surface area (Å²) in [6.07, 6.45) is 2.91. The maximum atomic E-state index is 11.7. The number of ketones is 1. The molecule has 0 bridgehead atoms. The average Bonchev–Trinajstić information content (AvgIpc) is 3.10. The van der Waals surface area contributed by atoms with Crippen molar-refractivity contribution in [2.45, 2.75) is 26.2 Å². The number of rotatable bonds is 5. The summed E-state index contributed by atoms with van der Waals surface area (Å²) in [6.45, 7) is 2.67. The molecule has 0 atom stereocenters. The monoisotopic (exact) mass is 249 g/mol. The number of nitrogens with zero attached hydrogens (tertiary/aromatic N) is 1. The van der Waals surface area contributed by atoms with E-state index >= 15 is 0 Å². The van der Waals surface area contributed by atoms with Crippen LogP contribution in [-0.2, 0) is 0 Å². The minimum Gasteiger partial charge on any atom is -0.396 e. The van der Waals surface area contributed by atoms with Crippen molar-refractivity contribution in [3.63, 3.8) is 0 Å². The van der Waals surface area contributed by atoms with E-state index < -0.39 is 0 Å². The lowest BCUT2D eigenvalue weighted by atomic mass is 10.2. The van der Waals surface area contributed by atoms with Crippen molar-refractivity contribution >= 4 is 27.8 Å². The highest BCUT2D eigenvalue weighted by atomic mass is 32.1. The number of anilines is 2. The summed E-state index contributed by atoms with van der Waals surface area (Å²) in [5, 5.41) is 13.0. The maximum absolute atomic E-state index is 11.7. The molecule has 1 heterocycles. The van der Waals surface area contributed by atoms with E-state index in [2.05, 4.69) is 11.4 Å². The van der Waals surface area contributed by atoms with Gasteiger partial charge < -0.3 is 11.1 Å². The fraction of sp³-hybridized carbons (Fsp3) is 0.500. The summed E-state index contributed by atoms with van der Waals surface area (Å²) in [5.74, 6) is 0.721. The van der Waals surface area contributed by atoms with Gasteiger partial charge in [0.05, 0.1) is 10.6 Å². The van der Waals surface area contributed by atoms with Crippen LogP contribution < -0.4 is 11.1 Å². The fourth-order valence-corrected chi connectivity index (χ4v) is 2.69. The van der Waals surface area contributed by atoms with Gasteiger partial charge in [0.2, 0.25) is 0 Å². The van der Waals surface area contributed by atoms with E-state index in [0.29, 0.717) is 22.5 Å². The molecule has 0 aromatic carbocycles. The first kappa shape index (κ1) is 11.9. The molecule has 2 rings (SSSR count). The number of nitrogens with two attached hydrogens (primary N) is 1. The van der Waals surface area contributed by atoms with E-state index in [-0.39, 0.29) is 5.78 Å². The molecule has 1 saturated carbocycles. The Hall–Kier alpha value is -1.54. The highest BCUT2D eigenvalue weighted by molar-refractivity contribution is 7.19. The first-order valence-electron chi connectivity index (χ1n) is 5.76. The van der Waals surface area contributed by atoms with Crippen LogP contribution in [0.4, 0.5) is 10.7 Å². The minimum absolute atomic E-state index is 0.00321.